The number of methoxy groups -OCH3 is 1. The van der Waals surface area contributed by atoms with Crippen LogP contribution in [0.5, 0.6) is 5.75 Å². The molecule has 0 unspecified atom stereocenters. The van der Waals surface area contributed by atoms with E-state index in [0.29, 0.717) is 13.2 Å². The highest BCUT2D eigenvalue weighted by molar-refractivity contribution is 5.91. The Morgan fingerprint density at radius 2 is 1.89 bits per heavy atom. The summed E-state index contributed by atoms with van der Waals surface area (Å²) in [4.78, 5) is 11.7. The molecular weight excluding hydrogens is 244 g/mol. The predicted octanol–water partition coefficient (Wildman–Crippen LogP) is 1.78. The molecule has 1 aromatic rings. The molecule has 1 aromatic carbocycles. The van der Waals surface area contributed by atoms with Crippen molar-refractivity contribution in [2.45, 2.75) is 25.8 Å². The van der Waals surface area contributed by atoms with Crippen molar-refractivity contribution >= 4 is 11.6 Å². The average Bonchev–Trinajstić information content (AvgIpc) is 2.29. The quantitative estimate of drug-likeness (QED) is 0.738. The van der Waals surface area contributed by atoms with E-state index < -0.39 is 5.54 Å². The summed E-state index contributed by atoms with van der Waals surface area (Å²) in [6.45, 7) is 4.69. The van der Waals surface area contributed by atoms with Crippen LogP contribution in [-0.2, 0) is 9.53 Å². The van der Waals surface area contributed by atoms with Crippen LogP contribution < -0.4 is 15.8 Å². The Kier molecular flexibility index (Phi) is 5.79. The Morgan fingerprint density at radius 3 is 2.42 bits per heavy atom. The molecule has 5 heteroatoms. The minimum absolute atomic E-state index is 0.0967. The third kappa shape index (κ3) is 6.79. The van der Waals surface area contributed by atoms with E-state index >= 15 is 0 Å². The fourth-order valence-electron chi connectivity index (χ4n) is 1.50. The molecule has 0 aromatic heterocycles. The summed E-state index contributed by atoms with van der Waals surface area (Å²) in [6, 6.07) is 7.20. The zero-order valence-corrected chi connectivity index (χ0v) is 11.7. The summed E-state index contributed by atoms with van der Waals surface area (Å²) in [6.07, 6.45) is 0.277. The molecule has 0 saturated carbocycles. The molecule has 106 valence electrons. The van der Waals surface area contributed by atoms with E-state index in [1.54, 1.807) is 31.4 Å². The maximum atomic E-state index is 11.7. The summed E-state index contributed by atoms with van der Waals surface area (Å²) in [5, 5.41) is 2.79. The number of anilines is 1. The zero-order chi connectivity index (χ0) is 14.3. The van der Waals surface area contributed by atoms with Crippen molar-refractivity contribution in [1.82, 2.24) is 0 Å². The van der Waals surface area contributed by atoms with Gasteiger partial charge in [0, 0.05) is 24.8 Å². The summed E-state index contributed by atoms with van der Waals surface area (Å²) in [5.74, 6) is 0.648. The molecule has 0 aliphatic carbocycles. The van der Waals surface area contributed by atoms with E-state index in [9.17, 15) is 4.79 Å². The van der Waals surface area contributed by atoms with Gasteiger partial charge in [0.15, 0.2) is 0 Å². The van der Waals surface area contributed by atoms with Gasteiger partial charge in [-0.25, -0.2) is 0 Å². The van der Waals surface area contributed by atoms with Gasteiger partial charge in [0.1, 0.15) is 12.4 Å². The lowest BCUT2D eigenvalue weighted by Gasteiger charge is -2.17. The van der Waals surface area contributed by atoms with Crippen molar-refractivity contribution in [2.24, 2.45) is 5.73 Å². The molecule has 0 bridgehead atoms. The first-order chi connectivity index (χ1) is 8.90. The van der Waals surface area contributed by atoms with Crippen LogP contribution in [0.4, 0.5) is 5.69 Å². The van der Waals surface area contributed by atoms with Crippen LogP contribution in [0, 0.1) is 0 Å². The number of ether oxygens (including phenoxy) is 2. The third-order valence-corrected chi connectivity index (χ3v) is 2.31. The number of nitrogens with two attached hydrogens (primary N) is 1. The molecular formula is C14H22N2O3. The van der Waals surface area contributed by atoms with Crippen LogP contribution in [0.25, 0.3) is 0 Å². The first-order valence-electron chi connectivity index (χ1n) is 6.21. The van der Waals surface area contributed by atoms with Gasteiger partial charge < -0.3 is 20.5 Å². The highest BCUT2D eigenvalue weighted by Gasteiger charge is 2.16. The molecule has 0 radical (unpaired) electrons. The fraction of sp³-hybridized carbons (Fsp3) is 0.500. The first-order valence-corrected chi connectivity index (χ1v) is 6.21. The first kappa shape index (κ1) is 15.5. The Labute approximate surface area is 114 Å². The van der Waals surface area contributed by atoms with E-state index in [-0.39, 0.29) is 12.3 Å². The average molecular weight is 266 g/mol. The number of amides is 1. The molecule has 0 atom stereocenters. The normalized spacial score (nSPS) is 11.2. The molecule has 0 heterocycles. The second-order valence-electron chi connectivity index (χ2n) is 5.08. The standard InChI is InChI=1S/C14H22N2O3/c1-14(2,15)10-13(17)16-11-4-6-12(7-5-11)19-9-8-18-3/h4-7H,8-10,15H2,1-3H3,(H,16,17). The molecule has 0 aliphatic heterocycles. The summed E-state index contributed by atoms with van der Waals surface area (Å²) < 4.78 is 10.3. The van der Waals surface area contributed by atoms with Crippen LogP contribution in [0.3, 0.4) is 0 Å². The molecule has 0 aliphatic rings. The largest absolute Gasteiger partial charge is 0.491 e. The minimum Gasteiger partial charge on any atom is -0.491 e. The maximum absolute atomic E-state index is 11.7. The number of hydrogen-bond donors (Lipinski definition) is 2. The summed E-state index contributed by atoms with van der Waals surface area (Å²) in [5.41, 5.74) is 6.01. The van der Waals surface area contributed by atoms with Gasteiger partial charge in [-0.05, 0) is 38.1 Å². The van der Waals surface area contributed by atoms with Gasteiger partial charge in [-0.2, -0.15) is 0 Å². The third-order valence-electron chi connectivity index (χ3n) is 2.31. The number of benzene rings is 1. The highest BCUT2D eigenvalue weighted by atomic mass is 16.5. The molecule has 3 N–H and O–H groups in total. The second kappa shape index (κ2) is 7.11. The van der Waals surface area contributed by atoms with E-state index in [1.807, 2.05) is 13.8 Å². The molecule has 0 saturated heterocycles. The summed E-state index contributed by atoms with van der Waals surface area (Å²) in [7, 11) is 1.63. The van der Waals surface area contributed by atoms with E-state index in [1.165, 1.54) is 0 Å². The Balaban J connectivity index is 2.45. The van der Waals surface area contributed by atoms with E-state index in [0.717, 1.165) is 11.4 Å². The van der Waals surface area contributed by atoms with Crippen LogP contribution >= 0.6 is 0 Å². The molecule has 1 amide bonds. The number of carbonyl (C=O) groups is 1. The lowest BCUT2D eigenvalue weighted by molar-refractivity contribution is -0.117. The smallest absolute Gasteiger partial charge is 0.226 e. The molecule has 5 nitrogen and oxygen atoms in total. The Bertz CT molecular complexity index is 396. The number of carbonyl (C=O) groups excluding carboxylic acids is 1. The number of rotatable bonds is 7. The highest BCUT2D eigenvalue weighted by Crippen LogP contribution is 2.16. The monoisotopic (exact) mass is 266 g/mol. The number of nitrogens with one attached hydrogen (secondary N) is 1. The lowest BCUT2D eigenvalue weighted by atomic mass is 10.0. The van der Waals surface area contributed by atoms with Crippen LogP contribution in [0.1, 0.15) is 20.3 Å². The zero-order valence-electron chi connectivity index (χ0n) is 11.7. The van der Waals surface area contributed by atoms with Crippen molar-refractivity contribution < 1.29 is 14.3 Å². The van der Waals surface area contributed by atoms with Gasteiger partial charge in [0.2, 0.25) is 5.91 Å². The van der Waals surface area contributed by atoms with Crippen LogP contribution in [0.15, 0.2) is 24.3 Å². The van der Waals surface area contributed by atoms with Crippen LogP contribution in [-0.4, -0.2) is 31.8 Å². The summed E-state index contributed by atoms with van der Waals surface area (Å²) >= 11 is 0. The van der Waals surface area contributed by atoms with E-state index in [4.69, 9.17) is 15.2 Å². The van der Waals surface area contributed by atoms with Crippen molar-refractivity contribution in [3.63, 3.8) is 0 Å². The predicted molar refractivity (Wildman–Crippen MR) is 75.3 cm³/mol. The van der Waals surface area contributed by atoms with Gasteiger partial charge in [-0.15, -0.1) is 0 Å². The molecule has 0 spiro atoms. The van der Waals surface area contributed by atoms with Gasteiger partial charge in [-0.1, -0.05) is 0 Å². The SMILES string of the molecule is COCCOc1ccc(NC(=O)CC(C)(C)N)cc1. The Morgan fingerprint density at radius 1 is 1.26 bits per heavy atom. The molecule has 0 fully saturated rings. The van der Waals surface area contributed by atoms with Crippen molar-refractivity contribution in [3.05, 3.63) is 24.3 Å². The minimum atomic E-state index is -0.507. The van der Waals surface area contributed by atoms with Gasteiger partial charge in [0.05, 0.1) is 6.61 Å². The number of hydrogen-bond acceptors (Lipinski definition) is 4. The topological polar surface area (TPSA) is 73.6 Å². The molecule has 19 heavy (non-hydrogen) atoms. The Hall–Kier alpha value is -1.59. The van der Waals surface area contributed by atoms with Gasteiger partial charge >= 0.3 is 0 Å². The van der Waals surface area contributed by atoms with Gasteiger partial charge in [0.25, 0.3) is 0 Å². The van der Waals surface area contributed by atoms with Crippen molar-refractivity contribution in [1.29, 1.82) is 0 Å². The van der Waals surface area contributed by atoms with Crippen LogP contribution in [0.2, 0.25) is 0 Å². The van der Waals surface area contributed by atoms with Gasteiger partial charge in [-0.3, -0.25) is 4.79 Å². The molecule has 1 rings (SSSR count). The van der Waals surface area contributed by atoms with E-state index in [2.05, 4.69) is 5.32 Å². The fourth-order valence-corrected chi connectivity index (χ4v) is 1.50. The lowest BCUT2D eigenvalue weighted by Crippen LogP contribution is -2.36. The second-order valence-corrected chi connectivity index (χ2v) is 5.08. The van der Waals surface area contributed by atoms with Crippen molar-refractivity contribution in [2.75, 3.05) is 25.6 Å². The maximum Gasteiger partial charge on any atom is 0.226 e. The van der Waals surface area contributed by atoms with Crippen molar-refractivity contribution in [3.8, 4) is 5.75 Å².